The molecule has 0 unspecified atom stereocenters. The lowest BCUT2D eigenvalue weighted by Gasteiger charge is -2.14. The lowest BCUT2D eigenvalue weighted by molar-refractivity contribution is -0.115. The van der Waals surface area contributed by atoms with Gasteiger partial charge in [0.05, 0.1) is 12.8 Å². The number of amides is 1. The van der Waals surface area contributed by atoms with E-state index in [0.29, 0.717) is 18.8 Å². The van der Waals surface area contributed by atoms with Gasteiger partial charge in [0.1, 0.15) is 18.1 Å². The Kier molecular flexibility index (Phi) is 5.63. The maximum absolute atomic E-state index is 11.7. The Morgan fingerprint density at radius 1 is 1.13 bits per heavy atom. The molecule has 0 heterocycles. The second-order valence-corrected chi connectivity index (χ2v) is 5.48. The number of carbonyl (C=O) groups is 1. The molecule has 0 aliphatic carbocycles. The molecule has 0 saturated carbocycles. The van der Waals surface area contributed by atoms with E-state index in [1.54, 1.807) is 7.11 Å². The van der Waals surface area contributed by atoms with Crippen LogP contribution in [0.2, 0.25) is 0 Å². The van der Waals surface area contributed by atoms with Crippen molar-refractivity contribution >= 4 is 11.6 Å². The van der Waals surface area contributed by atoms with E-state index in [4.69, 9.17) is 9.47 Å². The van der Waals surface area contributed by atoms with Crippen LogP contribution in [0.15, 0.2) is 36.4 Å². The van der Waals surface area contributed by atoms with Crippen LogP contribution in [0.3, 0.4) is 0 Å². The molecule has 0 aromatic heterocycles. The fourth-order valence-corrected chi connectivity index (χ4v) is 2.28. The summed E-state index contributed by atoms with van der Waals surface area (Å²) in [5, 5.41) is 2.90. The summed E-state index contributed by atoms with van der Waals surface area (Å²) in [4.78, 5) is 11.7. The maximum atomic E-state index is 11.7. The van der Waals surface area contributed by atoms with E-state index < -0.39 is 0 Å². The first kappa shape index (κ1) is 16.9. The minimum Gasteiger partial charge on any atom is -0.497 e. The average molecular weight is 313 g/mol. The summed E-state index contributed by atoms with van der Waals surface area (Å²) in [6.45, 7) is 6.28. The number of rotatable bonds is 6. The van der Waals surface area contributed by atoms with E-state index >= 15 is 0 Å². The summed E-state index contributed by atoms with van der Waals surface area (Å²) in [6.07, 6.45) is 0.425. The number of benzene rings is 2. The number of nitrogens with one attached hydrogen (secondary N) is 1. The van der Waals surface area contributed by atoms with Crippen LogP contribution in [0.1, 0.15) is 30.0 Å². The highest BCUT2D eigenvalue weighted by atomic mass is 16.5. The van der Waals surface area contributed by atoms with E-state index in [1.165, 1.54) is 5.56 Å². The molecule has 2 rings (SSSR count). The quantitative estimate of drug-likeness (QED) is 0.867. The Hall–Kier alpha value is -2.49. The molecule has 0 radical (unpaired) electrons. The third-order valence-corrected chi connectivity index (χ3v) is 3.63. The Morgan fingerprint density at radius 3 is 2.57 bits per heavy atom. The molecule has 0 aliphatic heterocycles. The highest BCUT2D eigenvalue weighted by Crippen LogP contribution is 2.26. The van der Waals surface area contributed by atoms with Crippen LogP contribution in [0, 0.1) is 13.8 Å². The van der Waals surface area contributed by atoms with Crippen molar-refractivity contribution in [3.05, 3.63) is 53.1 Å². The lowest BCUT2D eigenvalue weighted by atomic mass is 10.1. The third kappa shape index (κ3) is 4.49. The molecular formula is C19H23NO3. The lowest BCUT2D eigenvalue weighted by Crippen LogP contribution is -2.12. The SMILES string of the molecule is CCC(=O)Nc1cc(OC)ccc1COc1ccc(C)cc1C. The first-order valence-electron chi connectivity index (χ1n) is 7.70. The molecule has 2 aromatic rings. The number of hydrogen-bond acceptors (Lipinski definition) is 3. The van der Waals surface area contributed by atoms with Crippen LogP contribution in [0.4, 0.5) is 5.69 Å². The molecule has 0 bridgehead atoms. The van der Waals surface area contributed by atoms with Gasteiger partial charge in [-0.3, -0.25) is 4.79 Å². The molecule has 0 spiro atoms. The Balaban J connectivity index is 2.19. The van der Waals surface area contributed by atoms with Gasteiger partial charge in [0.2, 0.25) is 5.91 Å². The maximum Gasteiger partial charge on any atom is 0.224 e. The van der Waals surface area contributed by atoms with E-state index in [9.17, 15) is 4.79 Å². The summed E-state index contributed by atoms with van der Waals surface area (Å²) in [6, 6.07) is 11.7. The minimum atomic E-state index is -0.0361. The van der Waals surface area contributed by atoms with Crippen LogP contribution < -0.4 is 14.8 Å². The van der Waals surface area contributed by atoms with Crippen LogP contribution in [-0.4, -0.2) is 13.0 Å². The van der Waals surface area contributed by atoms with Crippen molar-refractivity contribution in [1.82, 2.24) is 0 Å². The van der Waals surface area contributed by atoms with E-state index in [-0.39, 0.29) is 5.91 Å². The van der Waals surface area contributed by atoms with Crippen LogP contribution in [0.25, 0.3) is 0 Å². The predicted molar refractivity (Wildman–Crippen MR) is 92.2 cm³/mol. The van der Waals surface area contributed by atoms with Gasteiger partial charge >= 0.3 is 0 Å². The van der Waals surface area contributed by atoms with Crippen molar-refractivity contribution in [3.63, 3.8) is 0 Å². The second-order valence-electron chi connectivity index (χ2n) is 5.48. The second kappa shape index (κ2) is 7.68. The molecule has 0 fully saturated rings. The monoisotopic (exact) mass is 313 g/mol. The number of anilines is 1. The molecule has 0 aliphatic rings. The topological polar surface area (TPSA) is 47.6 Å². The molecule has 4 nitrogen and oxygen atoms in total. The van der Waals surface area contributed by atoms with Crippen molar-refractivity contribution in [3.8, 4) is 11.5 Å². The van der Waals surface area contributed by atoms with Crippen molar-refractivity contribution < 1.29 is 14.3 Å². The number of ether oxygens (including phenoxy) is 2. The van der Waals surface area contributed by atoms with Gasteiger partial charge < -0.3 is 14.8 Å². The van der Waals surface area contributed by atoms with Gasteiger partial charge in [0.15, 0.2) is 0 Å². The van der Waals surface area contributed by atoms with Gasteiger partial charge in [-0.2, -0.15) is 0 Å². The van der Waals surface area contributed by atoms with Gasteiger partial charge in [-0.1, -0.05) is 24.6 Å². The Bertz CT molecular complexity index is 695. The van der Waals surface area contributed by atoms with E-state index in [2.05, 4.69) is 18.3 Å². The summed E-state index contributed by atoms with van der Waals surface area (Å²) in [5.41, 5.74) is 3.93. The number of hydrogen-bond donors (Lipinski definition) is 1. The number of methoxy groups -OCH3 is 1. The van der Waals surface area contributed by atoms with Gasteiger partial charge in [0, 0.05) is 18.1 Å². The summed E-state index contributed by atoms with van der Waals surface area (Å²) in [5.74, 6) is 1.51. The summed E-state index contributed by atoms with van der Waals surface area (Å²) < 4.78 is 11.1. The highest BCUT2D eigenvalue weighted by molar-refractivity contribution is 5.91. The van der Waals surface area contributed by atoms with Crippen LogP contribution in [0.5, 0.6) is 11.5 Å². The molecule has 1 N–H and O–H groups in total. The molecular weight excluding hydrogens is 290 g/mol. The molecule has 122 valence electrons. The van der Waals surface area contributed by atoms with E-state index in [0.717, 1.165) is 22.6 Å². The normalized spacial score (nSPS) is 10.3. The number of aryl methyl sites for hydroxylation is 2. The van der Waals surface area contributed by atoms with Gasteiger partial charge in [0.25, 0.3) is 0 Å². The standard InChI is InChI=1S/C19H23NO3/c1-5-19(21)20-17-11-16(22-4)8-7-15(17)12-23-18-9-6-13(2)10-14(18)3/h6-11H,5,12H2,1-4H3,(H,20,21). The highest BCUT2D eigenvalue weighted by Gasteiger charge is 2.09. The van der Waals surface area contributed by atoms with Crippen molar-refractivity contribution in [2.24, 2.45) is 0 Å². The summed E-state index contributed by atoms with van der Waals surface area (Å²) >= 11 is 0. The zero-order valence-electron chi connectivity index (χ0n) is 14.1. The molecule has 1 amide bonds. The van der Waals surface area contributed by atoms with E-state index in [1.807, 2.05) is 44.2 Å². The fraction of sp³-hybridized carbons (Fsp3) is 0.316. The minimum absolute atomic E-state index is 0.0361. The van der Waals surface area contributed by atoms with Crippen molar-refractivity contribution in [1.29, 1.82) is 0 Å². The van der Waals surface area contributed by atoms with Crippen LogP contribution >= 0.6 is 0 Å². The zero-order chi connectivity index (χ0) is 16.8. The average Bonchev–Trinajstić information content (AvgIpc) is 2.54. The van der Waals surface area contributed by atoms with Gasteiger partial charge in [-0.25, -0.2) is 0 Å². The zero-order valence-corrected chi connectivity index (χ0v) is 14.1. The third-order valence-electron chi connectivity index (χ3n) is 3.63. The molecule has 23 heavy (non-hydrogen) atoms. The molecule has 0 atom stereocenters. The Morgan fingerprint density at radius 2 is 1.91 bits per heavy atom. The summed E-state index contributed by atoms with van der Waals surface area (Å²) in [7, 11) is 1.60. The molecule has 2 aromatic carbocycles. The van der Waals surface area contributed by atoms with Crippen molar-refractivity contribution in [2.45, 2.75) is 33.8 Å². The van der Waals surface area contributed by atoms with Gasteiger partial charge in [-0.05, 0) is 37.6 Å². The Labute approximate surface area is 137 Å². The smallest absolute Gasteiger partial charge is 0.224 e. The molecule has 4 heteroatoms. The molecule has 0 saturated heterocycles. The van der Waals surface area contributed by atoms with Crippen molar-refractivity contribution in [2.75, 3.05) is 12.4 Å². The largest absolute Gasteiger partial charge is 0.497 e. The van der Waals surface area contributed by atoms with Gasteiger partial charge in [-0.15, -0.1) is 0 Å². The first-order chi connectivity index (χ1) is 11.0. The number of carbonyl (C=O) groups excluding carboxylic acids is 1. The predicted octanol–water partition coefficient (Wildman–Crippen LogP) is 4.24. The fourth-order valence-electron chi connectivity index (χ4n) is 2.28. The first-order valence-corrected chi connectivity index (χ1v) is 7.70. The van der Waals surface area contributed by atoms with Crippen LogP contribution in [-0.2, 0) is 11.4 Å².